The van der Waals surface area contributed by atoms with Gasteiger partial charge in [-0.25, -0.2) is 15.0 Å². The number of nitrogens with zero attached hydrogens (tertiary/aromatic N) is 3. The largest absolute Gasteiger partial charge is 0.493 e. The lowest BCUT2D eigenvalue weighted by Gasteiger charge is -2.14. The second-order valence-electron chi connectivity index (χ2n) is 5.33. The van der Waals surface area contributed by atoms with Crippen molar-refractivity contribution >= 4 is 81.8 Å². The van der Waals surface area contributed by atoms with Crippen molar-refractivity contribution in [2.24, 2.45) is 0 Å². The average molecular weight is 506 g/mol. The van der Waals surface area contributed by atoms with Gasteiger partial charge in [0, 0.05) is 0 Å². The summed E-state index contributed by atoms with van der Waals surface area (Å²) < 4.78 is 10.5. The zero-order chi connectivity index (χ0) is 20.8. The van der Waals surface area contributed by atoms with Crippen molar-refractivity contribution in [3.63, 3.8) is 0 Å². The van der Waals surface area contributed by atoms with Crippen LogP contribution in [0.15, 0.2) is 18.2 Å². The predicted molar refractivity (Wildman–Crippen MR) is 116 cm³/mol. The van der Waals surface area contributed by atoms with E-state index >= 15 is 0 Å². The minimum absolute atomic E-state index is 0.160. The summed E-state index contributed by atoms with van der Waals surface area (Å²) in [5.41, 5.74) is 0.825. The maximum Gasteiger partial charge on any atom is 0.161 e. The van der Waals surface area contributed by atoms with Crippen LogP contribution in [0.1, 0.15) is 33.8 Å². The van der Waals surface area contributed by atoms with Gasteiger partial charge < -0.3 is 9.47 Å². The van der Waals surface area contributed by atoms with Gasteiger partial charge in [-0.15, -0.1) is 69.6 Å². The topological polar surface area (TPSA) is 57.1 Å². The van der Waals surface area contributed by atoms with Crippen LogP contribution in [-0.4, -0.2) is 38.8 Å². The maximum absolute atomic E-state index is 6.18. The Morgan fingerprint density at radius 3 is 1.75 bits per heavy atom. The van der Waals surface area contributed by atoms with Crippen LogP contribution in [0.5, 0.6) is 11.5 Å². The molecule has 11 heteroatoms. The number of hydrogen-bond acceptors (Lipinski definition) is 5. The van der Waals surface area contributed by atoms with Gasteiger partial charge in [-0.05, 0) is 23.8 Å². The van der Waals surface area contributed by atoms with Crippen LogP contribution < -0.4 is 9.47 Å². The van der Waals surface area contributed by atoms with E-state index in [2.05, 4.69) is 15.0 Å². The summed E-state index contributed by atoms with van der Waals surface area (Å²) >= 11 is 35.8. The maximum atomic E-state index is 6.18. The molecule has 152 valence electrons. The van der Waals surface area contributed by atoms with Gasteiger partial charge in [0.05, 0.1) is 14.2 Å². The highest BCUT2D eigenvalue weighted by molar-refractivity contribution is 6.48. The third-order valence-electron chi connectivity index (χ3n) is 3.46. The van der Waals surface area contributed by atoms with Crippen molar-refractivity contribution in [2.75, 3.05) is 14.2 Å². The molecule has 2 aromatic rings. The Balaban J connectivity index is 2.42. The third kappa shape index (κ3) is 6.15. The first-order valence-corrected chi connectivity index (χ1v) is 10.4. The van der Waals surface area contributed by atoms with Crippen LogP contribution >= 0.6 is 69.6 Å². The molecule has 0 aliphatic heterocycles. The Bertz CT molecular complexity index is 802. The van der Waals surface area contributed by atoms with Crippen molar-refractivity contribution < 1.29 is 9.47 Å². The molecule has 1 aromatic heterocycles. The van der Waals surface area contributed by atoms with Gasteiger partial charge in [0.15, 0.2) is 29.0 Å². The summed E-state index contributed by atoms with van der Waals surface area (Å²) in [6.07, 6.45) is 3.42. The number of rotatable bonds is 8. The van der Waals surface area contributed by atoms with Crippen LogP contribution in [0, 0.1) is 0 Å². The summed E-state index contributed by atoms with van der Waals surface area (Å²) in [6, 6.07) is 5.42. The molecule has 28 heavy (non-hydrogen) atoms. The molecule has 0 N–H and O–H groups in total. The van der Waals surface area contributed by atoms with Gasteiger partial charge in [-0.2, -0.15) is 0 Å². The molecule has 2 rings (SSSR count). The van der Waals surface area contributed by atoms with E-state index in [0.717, 1.165) is 5.56 Å². The molecule has 0 bridgehead atoms. The molecule has 2 atom stereocenters. The van der Waals surface area contributed by atoms with E-state index in [0.29, 0.717) is 11.5 Å². The van der Waals surface area contributed by atoms with E-state index in [1.54, 1.807) is 38.5 Å². The van der Waals surface area contributed by atoms with Gasteiger partial charge in [0.25, 0.3) is 0 Å². The summed E-state index contributed by atoms with van der Waals surface area (Å²) in [6.45, 7) is 0. The minimum Gasteiger partial charge on any atom is -0.493 e. The minimum atomic E-state index is -0.934. The van der Waals surface area contributed by atoms with Crippen LogP contribution in [0.4, 0.5) is 0 Å². The lowest BCUT2D eigenvalue weighted by atomic mass is 10.2. The number of methoxy groups -OCH3 is 2. The molecule has 0 fully saturated rings. The number of alkyl halides is 6. The fourth-order valence-electron chi connectivity index (χ4n) is 2.10. The van der Waals surface area contributed by atoms with Crippen LogP contribution in [0.25, 0.3) is 12.2 Å². The third-order valence-corrected chi connectivity index (χ3v) is 5.87. The van der Waals surface area contributed by atoms with Gasteiger partial charge in [0.1, 0.15) is 20.4 Å². The van der Waals surface area contributed by atoms with E-state index in [1.165, 1.54) is 0 Å². The molecule has 0 aliphatic carbocycles. The molecular weight excluding hydrogens is 491 g/mol. The van der Waals surface area contributed by atoms with E-state index < -0.39 is 20.4 Å². The number of benzene rings is 1. The van der Waals surface area contributed by atoms with Crippen molar-refractivity contribution in [1.82, 2.24) is 15.0 Å². The fraction of sp³-hybridized carbons (Fsp3) is 0.353. The first kappa shape index (κ1) is 23.6. The normalized spacial score (nSPS) is 13.9. The quantitative estimate of drug-likeness (QED) is 0.398. The number of ether oxygens (including phenoxy) is 2. The fourth-order valence-corrected chi connectivity index (χ4v) is 2.75. The Labute approximate surface area is 192 Å². The molecule has 0 aliphatic rings. The van der Waals surface area contributed by atoms with Gasteiger partial charge in [0.2, 0.25) is 0 Å². The Kier molecular flexibility index (Phi) is 9.19. The molecule has 0 spiro atoms. The molecule has 2 unspecified atom stereocenters. The van der Waals surface area contributed by atoms with Crippen LogP contribution in [-0.2, 0) is 0 Å². The molecule has 1 aromatic carbocycles. The molecule has 1 heterocycles. The summed E-state index contributed by atoms with van der Waals surface area (Å²) in [5.74, 6) is 1.81. The number of halogens is 6. The zero-order valence-electron chi connectivity index (χ0n) is 14.6. The van der Waals surface area contributed by atoms with E-state index in [4.69, 9.17) is 79.1 Å². The second kappa shape index (κ2) is 10.9. The summed E-state index contributed by atoms with van der Waals surface area (Å²) in [7, 11) is 3.12. The molecule has 0 amide bonds. The molecule has 5 nitrogen and oxygen atoms in total. The van der Waals surface area contributed by atoms with Gasteiger partial charge >= 0.3 is 0 Å². The summed E-state index contributed by atoms with van der Waals surface area (Å²) in [4.78, 5) is 10.9. The Morgan fingerprint density at radius 1 is 0.750 bits per heavy atom. The highest BCUT2D eigenvalue weighted by atomic mass is 35.5. The Morgan fingerprint density at radius 2 is 1.29 bits per heavy atom. The smallest absolute Gasteiger partial charge is 0.161 e. The highest BCUT2D eigenvalue weighted by Gasteiger charge is 2.25. The average Bonchev–Trinajstić information content (AvgIpc) is 2.70. The summed E-state index contributed by atoms with van der Waals surface area (Å²) in [5, 5.41) is -1.74. The highest BCUT2D eigenvalue weighted by Crippen LogP contribution is 2.32. The van der Waals surface area contributed by atoms with Crippen LogP contribution in [0.2, 0.25) is 0 Å². The van der Waals surface area contributed by atoms with Crippen LogP contribution in [0.3, 0.4) is 0 Å². The Hall–Kier alpha value is -0.690. The zero-order valence-corrected chi connectivity index (χ0v) is 19.2. The number of aromatic nitrogens is 3. The van der Waals surface area contributed by atoms with E-state index in [-0.39, 0.29) is 17.5 Å². The lowest BCUT2D eigenvalue weighted by molar-refractivity contribution is 0.355. The molecular formula is C17H15Cl6N3O2. The van der Waals surface area contributed by atoms with E-state index in [1.807, 2.05) is 6.07 Å². The SMILES string of the molecule is COc1ccc(C=Cc2nc(C(Cl)C(Cl)Cl)nc(C(Cl)C(Cl)Cl)n2)cc1OC. The molecule has 0 saturated heterocycles. The first-order valence-electron chi connectivity index (χ1n) is 7.77. The van der Waals surface area contributed by atoms with Crippen molar-refractivity contribution in [1.29, 1.82) is 0 Å². The van der Waals surface area contributed by atoms with Crippen molar-refractivity contribution in [3.05, 3.63) is 41.2 Å². The lowest BCUT2D eigenvalue weighted by Crippen LogP contribution is -2.14. The molecule has 0 saturated carbocycles. The number of hydrogen-bond donors (Lipinski definition) is 0. The van der Waals surface area contributed by atoms with Gasteiger partial charge in [-0.3, -0.25) is 0 Å². The van der Waals surface area contributed by atoms with Crippen molar-refractivity contribution in [2.45, 2.75) is 20.4 Å². The standard InChI is InChI=1S/C17H15Cl6N3O2/c1-27-9-5-3-8(7-10(9)28-2)4-6-11-24-16(12(18)14(20)21)26-17(25-11)13(19)15(22)23/h3-7,12-15H,1-2H3. The van der Waals surface area contributed by atoms with E-state index in [9.17, 15) is 0 Å². The molecule has 0 radical (unpaired) electrons. The predicted octanol–water partition coefficient (Wildman–Crippen LogP) is 6.23. The monoisotopic (exact) mass is 503 g/mol. The van der Waals surface area contributed by atoms with Crippen molar-refractivity contribution in [3.8, 4) is 11.5 Å². The second-order valence-corrected chi connectivity index (χ2v) is 8.60. The first-order chi connectivity index (χ1) is 13.3. The van der Waals surface area contributed by atoms with Gasteiger partial charge in [-0.1, -0.05) is 12.1 Å².